The third-order valence-electron chi connectivity index (χ3n) is 7.66. The van der Waals surface area contributed by atoms with Gasteiger partial charge in [-0.15, -0.1) is 5.10 Å². The minimum Gasteiger partial charge on any atom is -0.444 e. The molecule has 0 N–H and O–H groups in total. The Labute approximate surface area is 203 Å². The standard InChI is InChI=1S/C25H32F3N5O2/c1-22(2,3)35-21(34)32-11-9-19(10-12-32)33-14-20(29-30-33)23-15-24(23,25(26,27)28)17-31(16-23)13-18-7-5-4-6-8-18/h4-8,14,19H,9-13,15-17H2,1-3H3/t23-,24-/m0/s1. The van der Waals surface area contributed by atoms with E-state index in [2.05, 4.69) is 10.3 Å². The van der Waals surface area contributed by atoms with Crippen LogP contribution >= 0.6 is 0 Å². The van der Waals surface area contributed by atoms with Crippen LogP contribution in [-0.2, 0) is 16.7 Å². The summed E-state index contributed by atoms with van der Waals surface area (Å²) in [5.74, 6) is 0. The van der Waals surface area contributed by atoms with Gasteiger partial charge in [0.15, 0.2) is 0 Å². The summed E-state index contributed by atoms with van der Waals surface area (Å²) in [7, 11) is 0. The lowest BCUT2D eigenvalue weighted by Gasteiger charge is -2.33. The Morgan fingerprint density at radius 2 is 1.80 bits per heavy atom. The highest BCUT2D eigenvalue weighted by atomic mass is 19.4. The lowest BCUT2D eigenvalue weighted by Crippen LogP contribution is -2.42. The maximum atomic E-state index is 14.3. The minimum absolute atomic E-state index is 0.00722. The van der Waals surface area contributed by atoms with Gasteiger partial charge in [-0.25, -0.2) is 9.48 Å². The molecule has 7 nitrogen and oxygen atoms in total. The number of hydrogen-bond donors (Lipinski definition) is 0. The summed E-state index contributed by atoms with van der Waals surface area (Å²) in [5.41, 5.74) is -1.94. The van der Waals surface area contributed by atoms with Crippen LogP contribution in [0.15, 0.2) is 36.5 Å². The van der Waals surface area contributed by atoms with Crippen molar-refractivity contribution in [2.45, 2.75) is 69.8 Å². The SMILES string of the molecule is CC(C)(C)OC(=O)N1CCC(n2cc([C@]34CN(Cc5ccccc5)C[C@@]3(C(F)(F)F)C4)nn2)CC1. The van der Waals surface area contributed by atoms with Gasteiger partial charge in [-0.1, -0.05) is 35.5 Å². The lowest BCUT2D eigenvalue weighted by molar-refractivity contribution is -0.189. The largest absolute Gasteiger partial charge is 0.444 e. The van der Waals surface area contributed by atoms with E-state index >= 15 is 0 Å². The van der Waals surface area contributed by atoms with Crippen molar-refractivity contribution in [3.05, 3.63) is 47.8 Å². The van der Waals surface area contributed by atoms with Crippen LogP contribution < -0.4 is 0 Å². The van der Waals surface area contributed by atoms with E-state index in [9.17, 15) is 18.0 Å². The molecular formula is C25H32F3N5O2. The molecule has 0 unspecified atom stereocenters. The molecule has 0 radical (unpaired) electrons. The van der Waals surface area contributed by atoms with E-state index < -0.39 is 22.6 Å². The molecule has 2 saturated heterocycles. The van der Waals surface area contributed by atoms with E-state index in [-0.39, 0.29) is 25.1 Å². The fourth-order valence-corrected chi connectivity index (χ4v) is 5.85. The van der Waals surface area contributed by atoms with Crippen LogP contribution in [0.3, 0.4) is 0 Å². The number of fused-ring (bicyclic) bond motifs is 1. The number of aromatic nitrogens is 3. The van der Waals surface area contributed by atoms with Gasteiger partial charge in [-0.3, -0.25) is 4.90 Å². The van der Waals surface area contributed by atoms with Crippen molar-refractivity contribution in [1.29, 1.82) is 0 Å². The molecule has 3 aliphatic rings. The summed E-state index contributed by atoms with van der Waals surface area (Å²) < 4.78 is 50.0. The Kier molecular flexibility index (Phi) is 5.65. The Balaban J connectivity index is 1.28. The maximum Gasteiger partial charge on any atom is 0.410 e. The molecular weight excluding hydrogens is 459 g/mol. The van der Waals surface area contributed by atoms with Crippen molar-refractivity contribution in [3.63, 3.8) is 0 Å². The number of benzene rings is 1. The maximum absolute atomic E-state index is 14.3. The van der Waals surface area contributed by atoms with E-state index in [1.165, 1.54) is 0 Å². The summed E-state index contributed by atoms with van der Waals surface area (Å²) in [4.78, 5) is 15.9. The highest BCUT2D eigenvalue weighted by Gasteiger charge is 2.84. The van der Waals surface area contributed by atoms with Crippen LogP contribution in [0.4, 0.5) is 18.0 Å². The first kappa shape index (κ1) is 24.1. The Hall–Kier alpha value is -2.62. The molecule has 2 aromatic rings. The first-order chi connectivity index (χ1) is 16.4. The number of rotatable bonds is 4. The molecule has 3 fully saturated rings. The predicted octanol–water partition coefficient (Wildman–Crippen LogP) is 4.56. The number of carbonyl (C=O) groups is 1. The van der Waals surface area contributed by atoms with Crippen molar-refractivity contribution in [3.8, 4) is 0 Å². The van der Waals surface area contributed by atoms with E-state index in [0.29, 0.717) is 44.7 Å². The average Bonchev–Trinajstić information content (AvgIpc) is 3.10. The number of nitrogens with zero attached hydrogens (tertiary/aromatic N) is 5. The third kappa shape index (κ3) is 4.30. The second-order valence-electron chi connectivity index (χ2n) is 11.3. The molecule has 0 bridgehead atoms. The molecule has 35 heavy (non-hydrogen) atoms. The summed E-state index contributed by atoms with van der Waals surface area (Å²) in [6.07, 6.45) is -1.57. The van der Waals surface area contributed by atoms with Gasteiger partial charge < -0.3 is 9.64 Å². The van der Waals surface area contributed by atoms with Crippen LogP contribution in [0, 0.1) is 5.41 Å². The number of halogens is 3. The lowest BCUT2D eigenvalue weighted by atomic mass is 9.93. The van der Waals surface area contributed by atoms with E-state index in [0.717, 1.165) is 5.56 Å². The fraction of sp³-hybridized carbons (Fsp3) is 0.640. The third-order valence-corrected chi connectivity index (χ3v) is 7.66. The number of piperidine rings is 2. The Morgan fingerprint density at radius 3 is 2.43 bits per heavy atom. The Bertz CT molecular complexity index is 1070. The zero-order valence-electron chi connectivity index (χ0n) is 20.4. The molecule has 3 heterocycles. The van der Waals surface area contributed by atoms with Gasteiger partial charge in [0.2, 0.25) is 0 Å². The number of carbonyl (C=O) groups excluding carboxylic acids is 1. The average molecular weight is 492 g/mol. The summed E-state index contributed by atoms with van der Waals surface area (Å²) >= 11 is 0. The normalized spacial score (nSPS) is 27.7. The zero-order chi connectivity index (χ0) is 25.1. The molecule has 5 rings (SSSR count). The molecule has 1 aliphatic carbocycles. The van der Waals surface area contributed by atoms with Crippen LogP contribution in [-0.4, -0.2) is 68.8 Å². The summed E-state index contributed by atoms with van der Waals surface area (Å²) in [6, 6.07) is 9.59. The first-order valence-corrected chi connectivity index (χ1v) is 12.2. The first-order valence-electron chi connectivity index (χ1n) is 12.2. The van der Waals surface area contributed by atoms with Crippen LogP contribution in [0.25, 0.3) is 0 Å². The molecule has 190 valence electrons. The van der Waals surface area contributed by atoms with Crippen molar-refractivity contribution in [1.82, 2.24) is 24.8 Å². The fourth-order valence-electron chi connectivity index (χ4n) is 5.85. The molecule has 1 aromatic heterocycles. The predicted molar refractivity (Wildman–Crippen MR) is 123 cm³/mol. The van der Waals surface area contributed by atoms with E-state index in [1.807, 2.05) is 56.0 Å². The highest BCUT2D eigenvalue weighted by molar-refractivity contribution is 5.68. The van der Waals surface area contributed by atoms with Crippen molar-refractivity contribution in [2.24, 2.45) is 5.41 Å². The van der Waals surface area contributed by atoms with Gasteiger partial charge >= 0.3 is 12.3 Å². The molecule has 1 amide bonds. The van der Waals surface area contributed by atoms with Crippen molar-refractivity contribution >= 4 is 6.09 Å². The molecule has 10 heteroatoms. The second kappa shape index (κ2) is 8.21. The van der Waals surface area contributed by atoms with Gasteiger partial charge in [-0.2, -0.15) is 13.2 Å². The molecule has 2 aliphatic heterocycles. The minimum atomic E-state index is -4.30. The molecule has 2 atom stereocenters. The van der Waals surface area contributed by atoms with Crippen molar-refractivity contribution in [2.75, 3.05) is 26.2 Å². The monoisotopic (exact) mass is 491 g/mol. The van der Waals surface area contributed by atoms with Gasteiger partial charge in [0.05, 0.1) is 17.2 Å². The summed E-state index contributed by atoms with van der Waals surface area (Å²) in [5, 5.41) is 8.52. The Morgan fingerprint density at radius 1 is 1.11 bits per heavy atom. The van der Waals surface area contributed by atoms with Crippen LogP contribution in [0.2, 0.25) is 0 Å². The number of ether oxygens (including phenoxy) is 1. The van der Waals surface area contributed by atoms with Crippen LogP contribution in [0.1, 0.15) is 57.3 Å². The highest BCUT2D eigenvalue weighted by Crippen LogP contribution is 2.74. The van der Waals surface area contributed by atoms with Crippen molar-refractivity contribution < 1.29 is 22.7 Å². The number of likely N-dealkylation sites (tertiary alicyclic amines) is 2. The quantitative estimate of drug-likeness (QED) is 0.628. The van der Waals surface area contributed by atoms with Gasteiger partial charge in [0.25, 0.3) is 0 Å². The summed E-state index contributed by atoms with van der Waals surface area (Å²) in [6.45, 7) is 7.29. The number of hydrogen-bond acceptors (Lipinski definition) is 5. The van der Waals surface area contributed by atoms with E-state index in [1.54, 1.807) is 15.8 Å². The van der Waals surface area contributed by atoms with Crippen LogP contribution in [0.5, 0.6) is 0 Å². The number of alkyl halides is 3. The number of amides is 1. The smallest absolute Gasteiger partial charge is 0.410 e. The van der Waals surface area contributed by atoms with E-state index in [4.69, 9.17) is 4.74 Å². The topological polar surface area (TPSA) is 63.5 Å². The molecule has 1 saturated carbocycles. The zero-order valence-corrected chi connectivity index (χ0v) is 20.4. The van der Waals surface area contributed by atoms with Gasteiger partial charge in [0.1, 0.15) is 5.60 Å². The van der Waals surface area contributed by atoms with Gasteiger partial charge in [0, 0.05) is 44.3 Å². The molecule has 1 aromatic carbocycles. The van der Waals surface area contributed by atoms with Gasteiger partial charge in [-0.05, 0) is 45.6 Å². The molecule has 0 spiro atoms. The second-order valence-corrected chi connectivity index (χ2v) is 11.3.